The standard InChI is InChI=1S/C38H67NO18/c1-3-5-7-8-9-10-11-12-13-14-15-22(43)21(39-26(44)16-6-4-2)20-52-36-32(50)29(47)34(24(18-41)54-36)57-38-33(51)30(48)35(25(19-42)55-38)56-37-31(49)28(46)27(45)23(17-40)53-37/h10-11,14-15,21-25,27-38,40-43,45-51H,3-9,12-13,16-20H2,1-2H3,(H,39,44)/b11-10+,15-14+. The highest BCUT2D eigenvalue weighted by atomic mass is 16.8. The molecule has 12 N–H and O–H groups in total. The van der Waals surface area contributed by atoms with Gasteiger partial charge >= 0.3 is 0 Å². The number of hydrogen-bond donors (Lipinski definition) is 12. The van der Waals surface area contributed by atoms with E-state index in [1.54, 1.807) is 12.2 Å². The Morgan fingerprint density at radius 2 is 1.12 bits per heavy atom. The number of aliphatic hydroxyl groups is 11. The van der Waals surface area contributed by atoms with Gasteiger partial charge in [0.05, 0.1) is 38.6 Å². The highest BCUT2D eigenvalue weighted by molar-refractivity contribution is 5.76. The van der Waals surface area contributed by atoms with Gasteiger partial charge in [-0.2, -0.15) is 0 Å². The zero-order valence-corrected chi connectivity index (χ0v) is 32.8. The number of amides is 1. The molecule has 0 aromatic carbocycles. The van der Waals surface area contributed by atoms with Crippen molar-refractivity contribution in [1.82, 2.24) is 5.32 Å². The van der Waals surface area contributed by atoms with Crippen molar-refractivity contribution in [2.45, 2.75) is 182 Å². The van der Waals surface area contributed by atoms with Crippen LogP contribution in [0, 0.1) is 0 Å². The molecular formula is C38H67NO18. The van der Waals surface area contributed by atoms with Crippen molar-refractivity contribution in [3.05, 3.63) is 24.3 Å². The van der Waals surface area contributed by atoms with Gasteiger partial charge in [-0.05, 0) is 32.1 Å². The molecule has 3 rings (SSSR count). The van der Waals surface area contributed by atoms with Crippen LogP contribution in [0.1, 0.15) is 78.1 Å². The summed E-state index contributed by atoms with van der Waals surface area (Å²) in [5.74, 6) is -0.328. The number of aliphatic hydroxyl groups excluding tert-OH is 11. The third-order valence-corrected chi connectivity index (χ3v) is 10.3. The second kappa shape index (κ2) is 25.8. The predicted molar refractivity (Wildman–Crippen MR) is 199 cm³/mol. The maximum Gasteiger partial charge on any atom is 0.220 e. The average molecular weight is 826 g/mol. The molecule has 3 aliphatic heterocycles. The van der Waals surface area contributed by atoms with Gasteiger partial charge in [-0.1, -0.05) is 63.8 Å². The molecule has 19 heteroatoms. The van der Waals surface area contributed by atoms with Crippen molar-refractivity contribution >= 4 is 5.91 Å². The van der Waals surface area contributed by atoms with Crippen molar-refractivity contribution in [3.8, 4) is 0 Å². The van der Waals surface area contributed by atoms with Crippen LogP contribution in [0.15, 0.2) is 24.3 Å². The first-order valence-corrected chi connectivity index (χ1v) is 20.1. The van der Waals surface area contributed by atoms with E-state index in [-0.39, 0.29) is 18.9 Å². The number of carbonyl (C=O) groups excluding carboxylic acids is 1. The Hall–Kier alpha value is -1.73. The van der Waals surface area contributed by atoms with Gasteiger partial charge in [0.25, 0.3) is 0 Å². The Morgan fingerprint density at radius 3 is 1.70 bits per heavy atom. The average Bonchev–Trinajstić information content (AvgIpc) is 3.20. The van der Waals surface area contributed by atoms with Crippen LogP contribution in [0.5, 0.6) is 0 Å². The molecule has 0 bridgehead atoms. The molecule has 17 atom stereocenters. The number of carbonyl (C=O) groups is 1. The molecule has 1 amide bonds. The molecule has 19 nitrogen and oxygen atoms in total. The highest BCUT2D eigenvalue weighted by Gasteiger charge is 2.53. The van der Waals surface area contributed by atoms with Crippen LogP contribution >= 0.6 is 0 Å². The van der Waals surface area contributed by atoms with Crippen molar-refractivity contribution < 1.29 is 89.4 Å². The van der Waals surface area contributed by atoms with Gasteiger partial charge in [0, 0.05) is 6.42 Å². The van der Waals surface area contributed by atoms with E-state index in [0.29, 0.717) is 12.8 Å². The maximum absolute atomic E-state index is 12.6. The van der Waals surface area contributed by atoms with Gasteiger partial charge in [0.2, 0.25) is 5.91 Å². The lowest BCUT2D eigenvalue weighted by Crippen LogP contribution is -2.66. The van der Waals surface area contributed by atoms with Crippen LogP contribution in [0.3, 0.4) is 0 Å². The molecule has 0 spiro atoms. The molecular weight excluding hydrogens is 758 g/mol. The second-order valence-corrected chi connectivity index (χ2v) is 14.7. The molecule has 332 valence electrons. The van der Waals surface area contributed by atoms with Crippen LogP contribution in [0.25, 0.3) is 0 Å². The van der Waals surface area contributed by atoms with E-state index in [4.69, 9.17) is 28.4 Å². The third-order valence-electron chi connectivity index (χ3n) is 10.3. The molecule has 3 fully saturated rings. The Kier molecular flexibility index (Phi) is 22.5. The summed E-state index contributed by atoms with van der Waals surface area (Å²) in [5, 5.41) is 118. The van der Waals surface area contributed by atoms with Crippen LogP contribution < -0.4 is 5.32 Å². The van der Waals surface area contributed by atoms with Gasteiger partial charge in [-0.3, -0.25) is 4.79 Å². The molecule has 0 radical (unpaired) electrons. The van der Waals surface area contributed by atoms with Crippen LogP contribution in [-0.4, -0.2) is 193 Å². The highest BCUT2D eigenvalue weighted by Crippen LogP contribution is 2.32. The van der Waals surface area contributed by atoms with E-state index in [1.807, 2.05) is 6.92 Å². The summed E-state index contributed by atoms with van der Waals surface area (Å²) in [6.45, 7) is 1.30. The topological polar surface area (TPSA) is 307 Å². The van der Waals surface area contributed by atoms with E-state index < -0.39 is 124 Å². The first kappa shape index (κ1) is 49.6. The normalized spacial score (nSPS) is 37.5. The minimum Gasteiger partial charge on any atom is -0.394 e. The molecule has 3 heterocycles. The quantitative estimate of drug-likeness (QED) is 0.0349. The lowest BCUT2D eigenvalue weighted by atomic mass is 9.96. The Morgan fingerprint density at radius 1 is 0.614 bits per heavy atom. The first-order valence-electron chi connectivity index (χ1n) is 20.1. The first-order chi connectivity index (χ1) is 27.3. The van der Waals surface area contributed by atoms with E-state index in [1.165, 1.54) is 19.3 Å². The zero-order chi connectivity index (χ0) is 42.1. The molecule has 17 unspecified atom stereocenters. The number of rotatable bonds is 24. The summed E-state index contributed by atoms with van der Waals surface area (Å²) < 4.78 is 33.6. The fourth-order valence-electron chi connectivity index (χ4n) is 6.71. The maximum atomic E-state index is 12.6. The Bertz CT molecular complexity index is 1180. The van der Waals surface area contributed by atoms with Crippen molar-refractivity contribution in [1.29, 1.82) is 0 Å². The molecule has 0 saturated carbocycles. The van der Waals surface area contributed by atoms with Gasteiger partial charge in [0.1, 0.15) is 73.2 Å². The fourth-order valence-corrected chi connectivity index (χ4v) is 6.71. The van der Waals surface area contributed by atoms with Gasteiger partial charge in [0.15, 0.2) is 18.9 Å². The number of hydrogen-bond acceptors (Lipinski definition) is 18. The predicted octanol–water partition coefficient (Wildman–Crippen LogP) is -2.65. The Balaban J connectivity index is 1.62. The van der Waals surface area contributed by atoms with E-state index in [2.05, 4.69) is 24.4 Å². The zero-order valence-electron chi connectivity index (χ0n) is 32.8. The summed E-state index contributed by atoms with van der Waals surface area (Å²) in [5.41, 5.74) is 0. The van der Waals surface area contributed by atoms with E-state index >= 15 is 0 Å². The molecule has 3 saturated heterocycles. The van der Waals surface area contributed by atoms with Crippen molar-refractivity contribution in [2.75, 3.05) is 26.4 Å². The molecule has 0 aliphatic carbocycles. The summed E-state index contributed by atoms with van der Waals surface area (Å²) in [6, 6.07) is -0.977. The number of allylic oxidation sites excluding steroid dienone is 3. The smallest absolute Gasteiger partial charge is 0.220 e. The summed E-state index contributed by atoms with van der Waals surface area (Å²) in [4.78, 5) is 12.6. The minimum absolute atomic E-state index is 0.209. The van der Waals surface area contributed by atoms with Gasteiger partial charge in [-0.15, -0.1) is 0 Å². The van der Waals surface area contributed by atoms with Crippen LogP contribution in [-0.2, 0) is 33.2 Å². The fraction of sp³-hybridized carbons (Fsp3) is 0.868. The molecule has 0 aromatic heterocycles. The summed E-state index contributed by atoms with van der Waals surface area (Å²) >= 11 is 0. The summed E-state index contributed by atoms with van der Waals surface area (Å²) in [7, 11) is 0. The molecule has 0 aromatic rings. The Labute approximate surface area is 333 Å². The summed E-state index contributed by atoms with van der Waals surface area (Å²) in [6.07, 6.45) is -10.5. The SMILES string of the molecule is CCCCCC/C=C/CC/C=C/C(O)C(COC1OC(CO)C(OC2OC(CO)C(OC3OC(CO)C(O)C(O)C3O)C(O)C2O)C(O)C1O)NC(=O)CCCC. The number of ether oxygens (including phenoxy) is 6. The van der Waals surface area contributed by atoms with Crippen molar-refractivity contribution in [3.63, 3.8) is 0 Å². The van der Waals surface area contributed by atoms with Crippen molar-refractivity contribution in [2.24, 2.45) is 0 Å². The molecule has 57 heavy (non-hydrogen) atoms. The number of nitrogens with one attached hydrogen (secondary N) is 1. The second-order valence-electron chi connectivity index (χ2n) is 14.7. The largest absolute Gasteiger partial charge is 0.394 e. The van der Waals surface area contributed by atoms with Crippen LogP contribution in [0.4, 0.5) is 0 Å². The number of unbranched alkanes of at least 4 members (excludes halogenated alkanes) is 6. The van der Waals surface area contributed by atoms with Gasteiger partial charge < -0.3 is 89.9 Å². The monoisotopic (exact) mass is 825 g/mol. The van der Waals surface area contributed by atoms with E-state index in [9.17, 15) is 61.0 Å². The lowest BCUT2D eigenvalue weighted by molar-refractivity contribution is -0.379. The molecule has 3 aliphatic rings. The third kappa shape index (κ3) is 14.5. The van der Waals surface area contributed by atoms with Crippen LogP contribution in [0.2, 0.25) is 0 Å². The van der Waals surface area contributed by atoms with E-state index in [0.717, 1.165) is 25.7 Å². The van der Waals surface area contributed by atoms with Gasteiger partial charge in [-0.25, -0.2) is 0 Å². The lowest BCUT2D eigenvalue weighted by Gasteiger charge is -2.48. The minimum atomic E-state index is -1.97.